The van der Waals surface area contributed by atoms with Crippen LogP contribution in [0.4, 0.5) is 0 Å². The highest BCUT2D eigenvalue weighted by Crippen LogP contribution is 2.32. The van der Waals surface area contributed by atoms with E-state index in [0.29, 0.717) is 0 Å². The highest BCUT2D eigenvalue weighted by atomic mass is 79.9. The largest absolute Gasteiger partial charge is 0.475 e. The summed E-state index contributed by atoms with van der Waals surface area (Å²) in [5, 5.41) is 7.69. The summed E-state index contributed by atoms with van der Waals surface area (Å²) in [5.74, 6) is -2.55. The molecule has 2 aromatic rings. The molecule has 0 aliphatic carbocycles. The lowest BCUT2D eigenvalue weighted by Crippen LogP contribution is -2.44. The van der Waals surface area contributed by atoms with Gasteiger partial charge in [-0.05, 0) is 11.1 Å². The molecule has 0 aliphatic rings. The van der Waals surface area contributed by atoms with Crippen molar-refractivity contribution in [2.75, 3.05) is 19.0 Å². The van der Waals surface area contributed by atoms with Crippen LogP contribution < -0.4 is 5.73 Å². The van der Waals surface area contributed by atoms with Gasteiger partial charge in [0, 0.05) is 6.54 Å². The molecule has 3 N–H and O–H groups in total. The molecular weight excluding hydrogens is 438 g/mol. The average molecular weight is 459 g/mol. The minimum atomic E-state index is -1.39. The fourth-order valence-electron chi connectivity index (χ4n) is 2.40. The Bertz CT molecular complexity index is 701. The number of carbonyl (C=O) groups excluding carboxylic acids is 2. The van der Waals surface area contributed by atoms with E-state index in [1.807, 2.05) is 60.7 Å². The van der Waals surface area contributed by atoms with Gasteiger partial charge in [-0.25, -0.2) is 4.79 Å². The van der Waals surface area contributed by atoms with E-state index in [2.05, 4.69) is 15.9 Å². The molecule has 27 heavy (non-hydrogen) atoms. The highest BCUT2D eigenvalue weighted by molar-refractivity contribution is 9.09. The Kier molecular flexibility index (Phi) is 11.2. The fourth-order valence-corrected chi connectivity index (χ4v) is 2.64. The van der Waals surface area contributed by atoms with Gasteiger partial charge in [0.1, 0.15) is 5.41 Å². The first kappa shape index (κ1) is 24.8. The summed E-state index contributed by atoms with van der Waals surface area (Å²) in [6.45, 7) is 0.160. The Morgan fingerprint density at radius 2 is 1.41 bits per heavy atom. The van der Waals surface area contributed by atoms with E-state index >= 15 is 0 Å². The molecule has 0 bridgehead atoms. The van der Waals surface area contributed by atoms with E-state index in [4.69, 9.17) is 15.6 Å². The van der Waals surface area contributed by atoms with E-state index in [1.165, 1.54) is 7.11 Å². The minimum Gasteiger partial charge on any atom is -0.475 e. The van der Waals surface area contributed by atoms with E-state index in [9.17, 15) is 14.4 Å². The zero-order valence-electron chi connectivity index (χ0n) is 14.6. The summed E-state index contributed by atoms with van der Waals surface area (Å²) in [7, 11) is 1.39. The molecule has 0 aromatic heterocycles. The molecular formula is C19H21BrClNO5. The van der Waals surface area contributed by atoms with Crippen LogP contribution in [-0.4, -0.2) is 41.8 Å². The summed E-state index contributed by atoms with van der Waals surface area (Å²) in [6, 6.07) is 19.0. The summed E-state index contributed by atoms with van der Waals surface area (Å²) < 4.78 is 5.00. The van der Waals surface area contributed by atoms with Crippen molar-refractivity contribution in [1.82, 2.24) is 0 Å². The first-order valence-electron chi connectivity index (χ1n) is 7.65. The second-order valence-electron chi connectivity index (χ2n) is 5.20. The lowest BCUT2D eigenvalue weighted by Gasteiger charge is -2.30. The third kappa shape index (κ3) is 6.16. The number of ether oxygens (including phenoxy) is 1. The first-order valence-corrected chi connectivity index (χ1v) is 8.77. The molecule has 0 spiro atoms. The molecule has 0 radical (unpaired) electrons. The molecule has 0 heterocycles. The number of carboxylic acid groups (broad SMARTS) is 1. The first-order chi connectivity index (χ1) is 12.4. The number of esters is 1. The van der Waals surface area contributed by atoms with Gasteiger partial charge in [0.15, 0.2) is 0 Å². The maximum Gasteiger partial charge on any atom is 0.373 e. The van der Waals surface area contributed by atoms with Crippen molar-refractivity contribution in [3.8, 4) is 0 Å². The number of ketones is 1. The number of carbonyl (C=O) groups is 3. The Balaban J connectivity index is 0.000000728. The maximum absolute atomic E-state index is 12.4. The van der Waals surface area contributed by atoms with E-state index in [0.717, 1.165) is 11.1 Å². The van der Waals surface area contributed by atoms with Crippen LogP contribution in [0.1, 0.15) is 11.1 Å². The van der Waals surface area contributed by atoms with Gasteiger partial charge in [0.05, 0.1) is 12.4 Å². The van der Waals surface area contributed by atoms with Crippen LogP contribution in [0.25, 0.3) is 0 Å². The summed E-state index contributed by atoms with van der Waals surface area (Å²) in [6.07, 6.45) is 0. The molecule has 0 saturated heterocycles. The number of rotatable bonds is 6. The predicted octanol–water partition coefficient (Wildman–Crippen LogP) is 2.56. The number of Topliss-reactive ketones (excluding diaryl/α,β-unsaturated/α-hetero) is 1. The van der Waals surface area contributed by atoms with E-state index in [-0.39, 0.29) is 30.3 Å². The maximum atomic E-state index is 12.4. The van der Waals surface area contributed by atoms with Crippen LogP contribution in [-0.2, 0) is 24.5 Å². The number of alkyl halides is 1. The van der Waals surface area contributed by atoms with Crippen LogP contribution in [0.2, 0.25) is 0 Å². The Labute approximate surface area is 172 Å². The van der Waals surface area contributed by atoms with E-state index in [1.54, 1.807) is 0 Å². The number of halogens is 2. The number of hydrogen-bond acceptors (Lipinski definition) is 5. The molecule has 0 saturated carbocycles. The van der Waals surface area contributed by atoms with Gasteiger partial charge in [-0.15, -0.1) is 12.4 Å². The number of methoxy groups -OCH3 is 1. The predicted molar refractivity (Wildman–Crippen MR) is 108 cm³/mol. The summed E-state index contributed by atoms with van der Waals surface area (Å²) in [4.78, 5) is 31.8. The number of aliphatic carboxylic acids is 1. The van der Waals surface area contributed by atoms with Crippen molar-refractivity contribution in [1.29, 1.82) is 0 Å². The molecule has 0 atom stereocenters. The summed E-state index contributed by atoms with van der Waals surface area (Å²) >= 11 is 2.68. The van der Waals surface area contributed by atoms with E-state index < -0.39 is 17.2 Å². The van der Waals surface area contributed by atoms with Gasteiger partial charge >= 0.3 is 11.9 Å². The second kappa shape index (κ2) is 12.2. The molecule has 0 amide bonds. The third-order valence-corrected chi connectivity index (χ3v) is 4.24. The Morgan fingerprint density at radius 1 is 1.00 bits per heavy atom. The number of benzene rings is 2. The minimum absolute atomic E-state index is 0. The van der Waals surface area contributed by atoms with Crippen LogP contribution >= 0.6 is 28.3 Å². The number of carboxylic acids is 1. The van der Waals surface area contributed by atoms with Gasteiger partial charge in [0.25, 0.3) is 0 Å². The third-order valence-electron chi connectivity index (χ3n) is 3.73. The molecule has 0 unspecified atom stereocenters. The quantitative estimate of drug-likeness (QED) is 0.391. The fraction of sp³-hybridized carbons (Fsp3) is 0.211. The Morgan fingerprint density at radius 3 is 1.63 bits per heavy atom. The van der Waals surface area contributed by atoms with Crippen molar-refractivity contribution in [3.63, 3.8) is 0 Å². The second-order valence-corrected chi connectivity index (χ2v) is 5.76. The molecule has 146 valence electrons. The number of nitrogens with two attached hydrogens (primary N) is 1. The van der Waals surface area contributed by atoms with Crippen molar-refractivity contribution in [3.05, 3.63) is 71.8 Å². The zero-order valence-corrected chi connectivity index (χ0v) is 17.0. The molecule has 6 nitrogen and oxygen atoms in total. The lowest BCUT2D eigenvalue weighted by atomic mass is 9.74. The molecule has 8 heteroatoms. The van der Waals surface area contributed by atoms with Gasteiger partial charge < -0.3 is 15.6 Å². The van der Waals surface area contributed by atoms with Gasteiger partial charge in [-0.2, -0.15) is 0 Å². The van der Waals surface area contributed by atoms with Crippen molar-refractivity contribution in [2.45, 2.75) is 5.41 Å². The molecule has 0 aliphatic heterocycles. The smallest absolute Gasteiger partial charge is 0.373 e. The molecule has 0 fully saturated rings. The van der Waals surface area contributed by atoms with Crippen LogP contribution in [0.5, 0.6) is 0 Å². The SMILES string of the molecule is COC(=O)C(CN)(c1ccccc1)c1ccccc1.Cl.O=C(O)C(=O)CBr. The van der Waals surface area contributed by atoms with Gasteiger partial charge in [-0.3, -0.25) is 9.59 Å². The molecule has 2 rings (SSSR count). The van der Waals surface area contributed by atoms with Crippen LogP contribution in [0, 0.1) is 0 Å². The summed E-state index contributed by atoms with van der Waals surface area (Å²) in [5.41, 5.74) is 6.69. The highest BCUT2D eigenvalue weighted by Gasteiger charge is 2.41. The number of hydrogen-bond donors (Lipinski definition) is 2. The van der Waals surface area contributed by atoms with Crippen LogP contribution in [0.3, 0.4) is 0 Å². The Hall–Kier alpha value is -2.22. The van der Waals surface area contributed by atoms with Crippen molar-refractivity contribution >= 4 is 46.1 Å². The zero-order chi connectivity index (χ0) is 19.6. The lowest BCUT2D eigenvalue weighted by molar-refractivity contribution is -0.147. The van der Waals surface area contributed by atoms with Crippen molar-refractivity contribution < 1.29 is 24.2 Å². The normalized spacial score (nSPS) is 9.89. The molecule has 2 aromatic carbocycles. The average Bonchev–Trinajstić information content (AvgIpc) is 2.70. The van der Waals surface area contributed by atoms with Gasteiger partial charge in [-0.1, -0.05) is 76.6 Å². The van der Waals surface area contributed by atoms with Gasteiger partial charge in [0.2, 0.25) is 5.78 Å². The van der Waals surface area contributed by atoms with Crippen LogP contribution in [0.15, 0.2) is 60.7 Å². The topological polar surface area (TPSA) is 107 Å². The van der Waals surface area contributed by atoms with Crippen molar-refractivity contribution in [2.24, 2.45) is 5.73 Å². The monoisotopic (exact) mass is 457 g/mol. The standard InChI is InChI=1S/C16H17NO2.C3H3BrO3.ClH/c1-19-15(18)16(12-17,13-8-4-2-5-9-13)14-10-6-3-7-11-14;4-1-2(5)3(6)7;/h2-11H,12,17H2,1H3;1H2,(H,6,7);1H.